The van der Waals surface area contributed by atoms with E-state index in [1.54, 1.807) is 7.11 Å². The molecule has 7 nitrogen and oxygen atoms in total. The predicted octanol–water partition coefficient (Wildman–Crippen LogP) is 13.0. The Hall–Kier alpha value is -5.89. The Morgan fingerprint density at radius 2 is 0.730 bits per heavy atom. The molecule has 0 bridgehead atoms. The molecule has 0 aliphatic rings. The summed E-state index contributed by atoms with van der Waals surface area (Å²) >= 11 is 11.1. The third kappa shape index (κ3) is 7.49. The van der Waals surface area contributed by atoms with E-state index >= 15 is 0 Å². The zero-order valence-electron chi connectivity index (χ0n) is 34.7. The van der Waals surface area contributed by atoms with Crippen LogP contribution in [0.25, 0.3) is 21.8 Å². The first-order valence-electron chi connectivity index (χ1n) is 20.4. The van der Waals surface area contributed by atoms with Crippen molar-refractivity contribution in [3.8, 4) is 5.88 Å². The van der Waals surface area contributed by atoms with Crippen molar-refractivity contribution in [1.82, 2.24) is 29.5 Å². The second-order valence-electron chi connectivity index (χ2n) is 15.1. The number of fused-ring (bicyclic) bond motifs is 2. The van der Waals surface area contributed by atoms with Crippen LogP contribution in [0.2, 0.25) is 5.15 Å². The van der Waals surface area contributed by atoms with Crippen molar-refractivity contribution >= 4 is 78.6 Å². The zero-order valence-corrected chi connectivity index (χ0v) is 39.8. The van der Waals surface area contributed by atoms with Crippen molar-refractivity contribution in [1.29, 1.82) is 0 Å². The van der Waals surface area contributed by atoms with Crippen LogP contribution >= 0.6 is 56.8 Å². The van der Waals surface area contributed by atoms with Crippen molar-refractivity contribution in [2.45, 2.75) is 24.9 Å². The number of rotatable bonds is 9. The maximum atomic E-state index is 6.60. The fraction of sp³-hybridized carbons (Fsp3) is 0.0943. The Labute approximate surface area is 399 Å². The summed E-state index contributed by atoms with van der Waals surface area (Å²) in [6.45, 7) is 3.95. The summed E-state index contributed by atoms with van der Waals surface area (Å²) < 4.78 is 11.6. The van der Waals surface area contributed by atoms with Gasteiger partial charge in [0.15, 0.2) is 0 Å². The predicted molar refractivity (Wildman–Crippen MR) is 271 cm³/mol. The van der Waals surface area contributed by atoms with Crippen LogP contribution in [0.1, 0.15) is 44.8 Å². The Morgan fingerprint density at radius 3 is 1.05 bits per heavy atom. The Bertz CT molecular complexity index is 2960. The average molecular weight is 1070 g/mol. The molecular weight excluding hydrogens is 1030 g/mol. The van der Waals surface area contributed by atoms with Gasteiger partial charge in [-0.2, -0.15) is 10.2 Å². The number of pyridine rings is 2. The molecule has 310 valence electrons. The largest absolute Gasteiger partial charge is 0.480 e. The van der Waals surface area contributed by atoms with Crippen LogP contribution in [0.15, 0.2) is 194 Å². The van der Waals surface area contributed by atoms with E-state index in [9.17, 15) is 0 Å². The number of methoxy groups -OCH3 is 1. The van der Waals surface area contributed by atoms with E-state index in [-0.39, 0.29) is 0 Å². The van der Waals surface area contributed by atoms with E-state index in [4.69, 9.17) is 26.5 Å². The lowest BCUT2D eigenvalue weighted by Crippen LogP contribution is -2.38. The highest BCUT2D eigenvalue weighted by Gasteiger charge is 2.42. The number of hydrogen-bond acceptors (Lipinski definition) is 5. The number of hydrogen-bond donors (Lipinski definition) is 0. The second kappa shape index (κ2) is 18.1. The average Bonchev–Trinajstić information content (AvgIpc) is 3.84. The van der Waals surface area contributed by atoms with Gasteiger partial charge in [0.25, 0.3) is 0 Å². The summed E-state index contributed by atoms with van der Waals surface area (Å²) in [4.78, 5) is 9.10. The molecule has 0 spiro atoms. The van der Waals surface area contributed by atoms with Crippen LogP contribution in [0.4, 0.5) is 0 Å². The molecule has 4 aromatic heterocycles. The second-order valence-corrected chi connectivity index (χ2v) is 17.5. The van der Waals surface area contributed by atoms with Gasteiger partial charge in [-0.25, -0.2) is 19.3 Å². The minimum atomic E-state index is -0.678. The zero-order chi connectivity index (χ0) is 43.6. The minimum Gasteiger partial charge on any atom is -0.480 e. The van der Waals surface area contributed by atoms with Crippen molar-refractivity contribution < 1.29 is 4.74 Å². The summed E-state index contributed by atoms with van der Waals surface area (Å²) in [7, 11) is 1.66. The summed E-state index contributed by atoms with van der Waals surface area (Å²) in [5, 5.41) is 12.5. The van der Waals surface area contributed by atoms with E-state index in [1.807, 2.05) is 50.2 Å². The summed E-state index contributed by atoms with van der Waals surface area (Å²) in [5.41, 5.74) is 9.09. The Balaban J connectivity index is 0.000000160. The molecule has 0 amide bonds. The summed E-state index contributed by atoms with van der Waals surface area (Å²) in [6.07, 6.45) is 0. The number of aromatic nitrogens is 6. The molecule has 10 aromatic rings. The fourth-order valence-electron chi connectivity index (χ4n) is 8.82. The van der Waals surface area contributed by atoms with Gasteiger partial charge in [0.2, 0.25) is 5.88 Å². The normalized spacial score (nSPS) is 11.7. The monoisotopic (exact) mass is 1070 g/mol. The molecule has 0 radical (unpaired) electrons. The number of aryl methyl sites for hydroxylation is 2. The van der Waals surface area contributed by atoms with Crippen molar-refractivity contribution in [2.75, 3.05) is 7.11 Å². The maximum Gasteiger partial charge on any atom is 0.225 e. The van der Waals surface area contributed by atoms with Crippen LogP contribution in [0.5, 0.6) is 5.88 Å². The molecule has 0 atom stereocenters. The van der Waals surface area contributed by atoms with Crippen LogP contribution in [0.3, 0.4) is 0 Å². The van der Waals surface area contributed by atoms with Gasteiger partial charge in [-0.05, 0) is 105 Å². The quantitative estimate of drug-likeness (QED) is 0.0818. The van der Waals surface area contributed by atoms with Gasteiger partial charge >= 0.3 is 0 Å². The van der Waals surface area contributed by atoms with E-state index in [1.165, 1.54) is 0 Å². The summed E-state index contributed by atoms with van der Waals surface area (Å²) in [5.74, 6) is 0.596. The van der Waals surface area contributed by atoms with Gasteiger partial charge in [-0.15, -0.1) is 0 Å². The van der Waals surface area contributed by atoms with E-state index in [0.29, 0.717) is 11.0 Å². The first-order valence-corrected chi connectivity index (χ1v) is 23.0. The molecule has 0 fully saturated rings. The molecule has 63 heavy (non-hydrogen) atoms. The topological polar surface area (TPSA) is 70.7 Å². The smallest absolute Gasteiger partial charge is 0.225 e. The molecule has 10 heteroatoms. The molecule has 0 saturated carbocycles. The molecule has 6 aromatic carbocycles. The molecule has 0 N–H and O–H groups in total. The van der Waals surface area contributed by atoms with Crippen LogP contribution in [-0.4, -0.2) is 36.6 Å². The van der Waals surface area contributed by atoms with Crippen molar-refractivity contribution in [3.63, 3.8) is 0 Å². The van der Waals surface area contributed by atoms with Crippen LogP contribution in [-0.2, 0) is 11.1 Å². The third-order valence-corrected chi connectivity index (χ3v) is 13.2. The van der Waals surface area contributed by atoms with Gasteiger partial charge in [0, 0.05) is 11.4 Å². The van der Waals surface area contributed by atoms with Crippen molar-refractivity contribution in [3.05, 3.63) is 251 Å². The van der Waals surface area contributed by atoms with E-state index in [0.717, 1.165) is 74.0 Å². The molecule has 0 aliphatic carbocycles. The lowest BCUT2D eigenvalue weighted by molar-refractivity contribution is 0.402. The SMILES string of the molecule is COc1nc(C)cc2c1c(I)nn2C(c1ccccc1)(c1ccccc1)c1ccccc1.Cc1cc2c(c(Cl)n1)c(I)nn2C(c1ccccc1)(c1ccccc1)c1ccccc1. The highest BCUT2D eigenvalue weighted by molar-refractivity contribution is 14.1. The van der Waals surface area contributed by atoms with Crippen molar-refractivity contribution in [2.24, 2.45) is 0 Å². The molecular formula is C53H41ClI2N6O. The van der Waals surface area contributed by atoms with Gasteiger partial charge in [-0.3, -0.25) is 0 Å². The first-order chi connectivity index (χ1) is 30.8. The highest BCUT2D eigenvalue weighted by atomic mass is 127. The Morgan fingerprint density at radius 1 is 0.444 bits per heavy atom. The number of halogens is 3. The fourth-order valence-corrected chi connectivity index (χ4v) is 10.8. The van der Waals surface area contributed by atoms with E-state index in [2.05, 4.69) is 222 Å². The Kier molecular flexibility index (Phi) is 12.2. The van der Waals surface area contributed by atoms with Gasteiger partial charge in [-0.1, -0.05) is 194 Å². The highest BCUT2D eigenvalue weighted by Crippen LogP contribution is 2.45. The molecule has 10 rings (SSSR count). The minimum absolute atomic E-state index is 0.480. The van der Waals surface area contributed by atoms with E-state index < -0.39 is 11.1 Å². The standard InChI is InChI=1S/C27H22IN3O.C26H19ClIN3/c1-19-18-23-24(26(29-19)32-2)25(28)30-31(23)27(20-12-6-3-7-13-20,21-14-8-4-9-15-21)22-16-10-5-11-17-22;1-18-17-22-23(24(27)29-18)25(28)30-31(22)26(19-11-5-2-6-12-19,20-13-7-3-8-14-20)21-15-9-4-10-16-21/h3-18H,1-2H3;2-17H,1H3. The third-order valence-electron chi connectivity index (χ3n) is 11.4. The molecule has 0 aliphatic heterocycles. The first kappa shape index (κ1) is 42.4. The van der Waals surface area contributed by atoms with Crippen LogP contribution < -0.4 is 4.74 Å². The number of benzene rings is 6. The van der Waals surface area contributed by atoms with Gasteiger partial charge < -0.3 is 4.74 Å². The van der Waals surface area contributed by atoms with Gasteiger partial charge in [0.1, 0.15) is 23.6 Å². The summed E-state index contributed by atoms with van der Waals surface area (Å²) in [6, 6.07) is 67.4. The molecule has 4 heterocycles. The number of ether oxygens (including phenoxy) is 1. The number of nitrogens with zero attached hydrogens (tertiary/aromatic N) is 6. The maximum absolute atomic E-state index is 6.60. The lowest BCUT2D eigenvalue weighted by atomic mass is 9.77. The molecule has 0 saturated heterocycles. The molecule has 0 unspecified atom stereocenters. The lowest BCUT2D eigenvalue weighted by Gasteiger charge is -2.37. The van der Waals surface area contributed by atoms with Crippen LogP contribution in [0, 0.1) is 21.2 Å². The van der Waals surface area contributed by atoms with Gasteiger partial charge in [0.05, 0.1) is 28.9 Å².